The predicted molar refractivity (Wildman–Crippen MR) is 155 cm³/mol. The molecule has 3 aromatic heterocycles. The Morgan fingerprint density at radius 1 is 0.972 bits per heavy atom. The van der Waals surface area contributed by atoms with Crippen LogP contribution in [-0.4, -0.2) is 26.1 Å². The fourth-order valence-electron chi connectivity index (χ4n) is 2.65. The van der Waals surface area contributed by atoms with Crippen LogP contribution in [-0.2, 0) is 0 Å². The molecule has 0 atom stereocenters. The molecule has 0 bridgehead atoms. The number of amides is 1. The molecule has 3 aromatic rings. The Hall–Kier alpha value is -3.28. The monoisotopic (exact) mass is 493 g/mol. The molecule has 36 heavy (non-hydrogen) atoms. The maximum Gasteiger partial charge on any atom is 0.276 e. The normalized spacial score (nSPS) is 9.50. The van der Waals surface area contributed by atoms with E-state index in [4.69, 9.17) is 0 Å². The van der Waals surface area contributed by atoms with Crippen molar-refractivity contribution in [2.24, 2.45) is 0 Å². The van der Waals surface area contributed by atoms with E-state index >= 15 is 0 Å². The summed E-state index contributed by atoms with van der Waals surface area (Å²) in [5.74, 6) is -0.275. The van der Waals surface area contributed by atoms with E-state index in [0.717, 1.165) is 39.5 Å². The molecule has 198 valence electrons. The quantitative estimate of drug-likeness (QED) is 0.361. The number of carbonyl (C=O) groups excluding carboxylic acids is 1. The minimum absolute atomic E-state index is 0.275. The smallest absolute Gasteiger partial charge is 0.276 e. The summed E-state index contributed by atoms with van der Waals surface area (Å²) in [6.45, 7) is 24.5. The first-order valence-corrected chi connectivity index (χ1v) is 13.1. The van der Waals surface area contributed by atoms with Crippen LogP contribution in [0.4, 0.5) is 5.69 Å². The number of rotatable bonds is 6. The zero-order chi connectivity index (χ0) is 27.7. The third-order valence-electron chi connectivity index (χ3n) is 5.34. The number of hydrogen-bond acceptors (Lipinski definition) is 4. The summed E-state index contributed by atoms with van der Waals surface area (Å²) in [4.78, 5) is 21.4. The summed E-state index contributed by atoms with van der Waals surface area (Å²) in [5, 5.41) is 9.73. The molecule has 0 aliphatic heterocycles. The third-order valence-corrected chi connectivity index (χ3v) is 5.34. The summed E-state index contributed by atoms with van der Waals surface area (Å²) in [6.07, 6.45) is 6.91. The lowest BCUT2D eigenvalue weighted by atomic mass is 10.0. The van der Waals surface area contributed by atoms with E-state index in [1.807, 2.05) is 65.8 Å². The van der Waals surface area contributed by atoms with E-state index in [1.54, 1.807) is 6.20 Å². The number of aromatic amines is 1. The van der Waals surface area contributed by atoms with Gasteiger partial charge in [-0.3, -0.25) is 19.9 Å². The number of anilines is 1. The van der Waals surface area contributed by atoms with E-state index in [1.165, 1.54) is 25.7 Å². The van der Waals surface area contributed by atoms with Crippen molar-refractivity contribution in [2.75, 3.05) is 5.32 Å². The first kappa shape index (κ1) is 32.7. The van der Waals surface area contributed by atoms with E-state index in [0.29, 0.717) is 11.4 Å². The SMILES string of the molecule is C=C(c1cccc(C)n1)c1cc(NC(=O)c2n[nH]c(C)c2C)cnc1C.CC.CCCC.CCCC. The molecule has 3 heterocycles. The van der Waals surface area contributed by atoms with E-state index in [9.17, 15) is 4.79 Å². The van der Waals surface area contributed by atoms with Gasteiger partial charge in [-0.15, -0.1) is 0 Å². The van der Waals surface area contributed by atoms with Gasteiger partial charge in [0.25, 0.3) is 5.91 Å². The van der Waals surface area contributed by atoms with Crippen LogP contribution in [0.15, 0.2) is 37.0 Å². The van der Waals surface area contributed by atoms with Crippen molar-refractivity contribution in [3.05, 3.63) is 76.6 Å². The summed E-state index contributed by atoms with van der Waals surface area (Å²) in [5.41, 5.74) is 6.81. The maximum absolute atomic E-state index is 12.5. The third kappa shape index (κ3) is 10.5. The highest BCUT2D eigenvalue weighted by Crippen LogP contribution is 2.25. The summed E-state index contributed by atoms with van der Waals surface area (Å²) in [7, 11) is 0. The van der Waals surface area contributed by atoms with Crippen molar-refractivity contribution < 1.29 is 4.79 Å². The van der Waals surface area contributed by atoms with Gasteiger partial charge in [0.1, 0.15) is 0 Å². The summed E-state index contributed by atoms with van der Waals surface area (Å²) in [6, 6.07) is 7.66. The van der Waals surface area contributed by atoms with Crippen LogP contribution in [0.1, 0.15) is 112 Å². The molecule has 0 aromatic carbocycles. The van der Waals surface area contributed by atoms with Gasteiger partial charge in [-0.25, -0.2) is 0 Å². The van der Waals surface area contributed by atoms with Gasteiger partial charge in [0.15, 0.2) is 5.69 Å². The predicted octanol–water partition coefficient (Wildman–Crippen LogP) is 8.39. The average Bonchev–Trinajstić information content (AvgIpc) is 3.24. The standard InChI is InChI=1S/C20H21N5O.2C4H10.C2H6/c1-11-7-6-8-18(22-11)13(3)17-9-16(10-21-15(17)5)23-20(26)19-12(2)14(4)24-25-19;2*1-3-4-2;1-2/h6-10H,3H2,1-2,4-5H3,(H,23,26)(H,24,25);2*3-4H2,1-2H3;1-2H3. The van der Waals surface area contributed by atoms with Crippen LogP contribution in [0.2, 0.25) is 0 Å². The Kier molecular flexibility index (Phi) is 16.4. The van der Waals surface area contributed by atoms with Gasteiger partial charge in [0, 0.05) is 33.8 Å². The van der Waals surface area contributed by atoms with Crippen LogP contribution in [0.25, 0.3) is 5.57 Å². The fourth-order valence-corrected chi connectivity index (χ4v) is 2.65. The van der Waals surface area contributed by atoms with Crippen LogP contribution >= 0.6 is 0 Å². The molecule has 0 saturated heterocycles. The Balaban J connectivity index is 0.00000106. The highest BCUT2D eigenvalue weighted by atomic mass is 16.1. The zero-order valence-electron chi connectivity index (χ0n) is 24.2. The lowest BCUT2D eigenvalue weighted by Crippen LogP contribution is -2.14. The Morgan fingerprint density at radius 2 is 1.56 bits per heavy atom. The van der Waals surface area contributed by atoms with Gasteiger partial charge in [0.05, 0.1) is 17.6 Å². The fraction of sp³-hybridized carbons (Fsp3) is 0.467. The number of aryl methyl sites for hydroxylation is 3. The first-order valence-electron chi connectivity index (χ1n) is 13.1. The van der Waals surface area contributed by atoms with Crippen molar-refractivity contribution >= 4 is 17.2 Å². The van der Waals surface area contributed by atoms with Gasteiger partial charge < -0.3 is 5.32 Å². The minimum Gasteiger partial charge on any atom is -0.319 e. The lowest BCUT2D eigenvalue weighted by molar-refractivity contribution is 0.102. The lowest BCUT2D eigenvalue weighted by Gasteiger charge is -2.12. The van der Waals surface area contributed by atoms with Crippen molar-refractivity contribution in [3.63, 3.8) is 0 Å². The highest BCUT2D eigenvalue weighted by Gasteiger charge is 2.16. The largest absolute Gasteiger partial charge is 0.319 e. The Bertz CT molecular complexity index is 1060. The van der Waals surface area contributed by atoms with E-state index < -0.39 is 0 Å². The van der Waals surface area contributed by atoms with Crippen LogP contribution in [0, 0.1) is 27.7 Å². The Labute approximate surface area is 219 Å². The number of pyridine rings is 2. The van der Waals surface area contributed by atoms with Crippen LogP contribution < -0.4 is 5.32 Å². The van der Waals surface area contributed by atoms with E-state index in [2.05, 4.69) is 59.8 Å². The van der Waals surface area contributed by atoms with Crippen LogP contribution in [0.5, 0.6) is 0 Å². The molecular weight excluding hydrogens is 446 g/mol. The number of aromatic nitrogens is 4. The maximum atomic E-state index is 12.5. The van der Waals surface area contributed by atoms with Crippen molar-refractivity contribution in [3.8, 4) is 0 Å². The second-order valence-electron chi connectivity index (χ2n) is 8.28. The second-order valence-corrected chi connectivity index (χ2v) is 8.28. The van der Waals surface area contributed by atoms with Crippen molar-refractivity contribution in [2.45, 2.75) is 94.9 Å². The number of H-pyrrole nitrogens is 1. The zero-order valence-corrected chi connectivity index (χ0v) is 24.2. The number of nitrogens with zero attached hydrogens (tertiary/aromatic N) is 3. The Morgan fingerprint density at radius 3 is 2.03 bits per heavy atom. The van der Waals surface area contributed by atoms with Gasteiger partial charge in [-0.05, 0) is 45.9 Å². The number of nitrogens with one attached hydrogen (secondary N) is 2. The minimum atomic E-state index is -0.275. The van der Waals surface area contributed by atoms with Gasteiger partial charge in [0.2, 0.25) is 0 Å². The molecule has 0 saturated carbocycles. The molecule has 6 heteroatoms. The number of carbonyl (C=O) groups is 1. The average molecular weight is 494 g/mol. The summed E-state index contributed by atoms with van der Waals surface area (Å²) >= 11 is 0. The highest BCUT2D eigenvalue weighted by molar-refractivity contribution is 6.04. The molecule has 0 spiro atoms. The number of unbranched alkanes of at least 4 members (excludes halogenated alkanes) is 2. The molecule has 0 aliphatic carbocycles. The molecule has 0 aliphatic rings. The molecule has 0 unspecified atom stereocenters. The summed E-state index contributed by atoms with van der Waals surface area (Å²) < 4.78 is 0. The van der Waals surface area contributed by atoms with Crippen molar-refractivity contribution in [1.29, 1.82) is 0 Å². The van der Waals surface area contributed by atoms with Gasteiger partial charge in [-0.1, -0.05) is 79.9 Å². The molecule has 2 N–H and O–H groups in total. The molecule has 0 fully saturated rings. The molecule has 3 rings (SSSR count). The molecule has 1 amide bonds. The number of hydrogen-bond donors (Lipinski definition) is 2. The molecular formula is C30H47N5O. The van der Waals surface area contributed by atoms with Crippen LogP contribution in [0.3, 0.4) is 0 Å². The molecule has 6 nitrogen and oxygen atoms in total. The molecule has 0 radical (unpaired) electrons. The second kappa shape index (κ2) is 18.1. The van der Waals surface area contributed by atoms with Gasteiger partial charge in [-0.2, -0.15) is 5.10 Å². The first-order chi connectivity index (χ1) is 17.2. The van der Waals surface area contributed by atoms with E-state index in [-0.39, 0.29) is 5.91 Å². The topological polar surface area (TPSA) is 83.6 Å². The van der Waals surface area contributed by atoms with Crippen molar-refractivity contribution in [1.82, 2.24) is 20.2 Å². The van der Waals surface area contributed by atoms with Gasteiger partial charge >= 0.3 is 0 Å².